The van der Waals surface area contributed by atoms with Crippen molar-refractivity contribution in [1.29, 1.82) is 0 Å². The summed E-state index contributed by atoms with van der Waals surface area (Å²) >= 11 is 0. The quantitative estimate of drug-likeness (QED) is 0.831. The van der Waals surface area contributed by atoms with Gasteiger partial charge >= 0.3 is 6.03 Å². The second-order valence-electron chi connectivity index (χ2n) is 6.83. The molecule has 2 amide bonds. The molecule has 0 fully saturated rings. The first kappa shape index (κ1) is 19.7. The Bertz CT molecular complexity index is 1050. The number of fused-ring (bicyclic) bond motifs is 1. The van der Waals surface area contributed by atoms with E-state index in [1.54, 1.807) is 24.1 Å². The van der Waals surface area contributed by atoms with Crippen LogP contribution in [0.1, 0.15) is 24.2 Å². The third-order valence-corrected chi connectivity index (χ3v) is 4.96. The highest BCUT2D eigenvalue weighted by Crippen LogP contribution is 2.32. The predicted molar refractivity (Wildman–Crippen MR) is 108 cm³/mol. The van der Waals surface area contributed by atoms with Crippen molar-refractivity contribution in [3.05, 3.63) is 53.2 Å². The minimum Gasteiger partial charge on any atom is -0.481 e. The van der Waals surface area contributed by atoms with Crippen molar-refractivity contribution in [2.24, 2.45) is 9.98 Å². The summed E-state index contributed by atoms with van der Waals surface area (Å²) in [5.74, 6) is -0.328. The Morgan fingerprint density at radius 3 is 2.63 bits per heavy atom. The van der Waals surface area contributed by atoms with Crippen molar-refractivity contribution in [3.63, 3.8) is 0 Å². The highest BCUT2D eigenvalue weighted by molar-refractivity contribution is 6.17. The maximum absolute atomic E-state index is 13.8. The van der Waals surface area contributed by atoms with Crippen LogP contribution in [0.2, 0.25) is 0 Å². The maximum Gasteiger partial charge on any atom is 0.353 e. The molecule has 1 aromatic carbocycles. The Kier molecular flexibility index (Phi) is 5.06. The summed E-state index contributed by atoms with van der Waals surface area (Å²) in [7, 11) is 3.08. The number of hydrogen-bond acceptors (Lipinski definition) is 6. The topological polar surface area (TPSA) is 82.4 Å². The highest BCUT2D eigenvalue weighted by Gasteiger charge is 2.40. The summed E-state index contributed by atoms with van der Waals surface area (Å²) in [6.45, 7) is 2.16. The van der Waals surface area contributed by atoms with E-state index in [1.165, 1.54) is 24.1 Å². The molecule has 1 unspecified atom stereocenters. The molecule has 1 N–H and O–H groups in total. The smallest absolute Gasteiger partial charge is 0.353 e. The first-order chi connectivity index (χ1) is 14.4. The van der Waals surface area contributed by atoms with Crippen LogP contribution in [0.25, 0.3) is 0 Å². The van der Waals surface area contributed by atoms with E-state index in [0.29, 0.717) is 29.5 Å². The summed E-state index contributed by atoms with van der Waals surface area (Å²) in [6.07, 6.45) is 0.611. The first-order valence-corrected chi connectivity index (χ1v) is 9.38. The van der Waals surface area contributed by atoms with E-state index < -0.39 is 23.7 Å². The lowest BCUT2D eigenvalue weighted by molar-refractivity contribution is 0.230. The summed E-state index contributed by atoms with van der Waals surface area (Å²) in [4.78, 5) is 28.3. The monoisotopic (exact) mass is 414 g/mol. The van der Waals surface area contributed by atoms with Crippen molar-refractivity contribution in [2.75, 3.05) is 26.0 Å². The molecule has 10 heteroatoms. The lowest BCUT2D eigenvalue weighted by Crippen LogP contribution is -2.53. The Hall–Kier alpha value is -3.56. The SMILES string of the molecule is CCc1nc(OC)ccc1NC1=NC(=O)N(C)C2=NCC(c3cc(F)cc(F)c3)N12. The van der Waals surface area contributed by atoms with Crippen LogP contribution in [0.15, 0.2) is 40.3 Å². The minimum atomic E-state index is -0.682. The fourth-order valence-corrected chi connectivity index (χ4v) is 3.49. The molecule has 0 aliphatic carbocycles. The second kappa shape index (κ2) is 7.69. The predicted octanol–water partition coefficient (Wildman–Crippen LogP) is 3.18. The van der Waals surface area contributed by atoms with Crippen molar-refractivity contribution in [2.45, 2.75) is 19.4 Å². The van der Waals surface area contributed by atoms with Gasteiger partial charge in [0.2, 0.25) is 17.8 Å². The molecule has 0 radical (unpaired) electrons. The number of aromatic nitrogens is 1. The number of anilines is 1. The zero-order chi connectivity index (χ0) is 21.4. The molecule has 2 aliphatic rings. The normalized spacial score (nSPS) is 18.2. The van der Waals surface area contributed by atoms with Gasteiger partial charge in [0, 0.05) is 19.2 Å². The van der Waals surface area contributed by atoms with Crippen LogP contribution >= 0.6 is 0 Å². The maximum atomic E-state index is 13.8. The van der Waals surface area contributed by atoms with E-state index in [1.807, 2.05) is 6.92 Å². The van der Waals surface area contributed by atoms with Crippen molar-refractivity contribution in [3.8, 4) is 5.88 Å². The number of pyridine rings is 1. The molecule has 1 atom stereocenters. The number of rotatable bonds is 4. The van der Waals surface area contributed by atoms with Gasteiger partial charge in [0.05, 0.1) is 31.1 Å². The molecule has 2 aromatic rings. The fourth-order valence-electron chi connectivity index (χ4n) is 3.49. The van der Waals surface area contributed by atoms with Crippen molar-refractivity contribution in [1.82, 2.24) is 14.8 Å². The standard InChI is InChI=1S/C20H20F2N6O2/c1-4-14-15(5-6-17(24-14)30-3)25-18-26-20(29)27(2)19-23-10-16(28(18)19)11-7-12(21)9-13(22)8-11/h5-9,16H,4,10H2,1-3H3,(H,25,26,29). The fraction of sp³-hybridized carbons (Fsp3) is 0.300. The van der Waals surface area contributed by atoms with Crippen LogP contribution in [0.5, 0.6) is 5.88 Å². The number of aliphatic imine (C=N–C) groups is 2. The van der Waals surface area contributed by atoms with E-state index in [0.717, 1.165) is 11.8 Å². The Morgan fingerprint density at radius 1 is 1.23 bits per heavy atom. The number of guanidine groups is 2. The number of benzene rings is 1. The number of urea groups is 1. The van der Waals surface area contributed by atoms with Gasteiger partial charge in [0.15, 0.2) is 0 Å². The molecule has 0 spiro atoms. The largest absolute Gasteiger partial charge is 0.481 e. The molecule has 0 bridgehead atoms. The molecule has 8 nitrogen and oxygen atoms in total. The van der Waals surface area contributed by atoms with Crippen molar-refractivity contribution < 1.29 is 18.3 Å². The van der Waals surface area contributed by atoms with Gasteiger partial charge in [0.25, 0.3) is 0 Å². The number of carbonyl (C=O) groups excluding carboxylic acids is 1. The van der Waals surface area contributed by atoms with Crippen LogP contribution in [-0.2, 0) is 6.42 Å². The van der Waals surface area contributed by atoms with Gasteiger partial charge in [-0.1, -0.05) is 6.92 Å². The highest BCUT2D eigenvalue weighted by atomic mass is 19.1. The van der Waals surface area contributed by atoms with Gasteiger partial charge in [0.1, 0.15) is 11.6 Å². The van der Waals surface area contributed by atoms with Crippen molar-refractivity contribution >= 4 is 23.6 Å². The summed E-state index contributed by atoms with van der Waals surface area (Å²) in [5, 5.41) is 3.15. The molecule has 4 rings (SSSR count). The number of nitrogens with one attached hydrogen (secondary N) is 1. The van der Waals surface area contributed by atoms with E-state index >= 15 is 0 Å². The van der Waals surface area contributed by atoms with E-state index in [4.69, 9.17) is 4.74 Å². The third-order valence-electron chi connectivity index (χ3n) is 4.96. The number of nitrogens with zero attached hydrogens (tertiary/aromatic N) is 5. The lowest BCUT2D eigenvalue weighted by atomic mass is 10.1. The Balaban J connectivity index is 1.73. The van der Waals surface area contributed by atoms with Crippen LogP contribution in [0.4, 0.5) is 19.3 Å². The molecule has 0 saturated heterocycles. The van der Waals surface area contributed by atoms with Crippen LogP contribution in [-0.4, -0.2) is 53.4 Å². The van der Waals surface area contributed by atoms with E-state index in [-0.39, 0.29) is 12.5 Å². The summed E-state index contributed by atoms with van der Waals surface area (Å²) in [5.41, 5.74) is 1.76. The molecule has 0 saturated carbocycles. The zero-order valence-corrected chi connectivity index (χ0v) is 16.7. The van der Waals surface area contributed by atoms with E-state index in [2.05, 4.69) is 20.3 Å². The molecule has 30 heavy (non-hydrogen) atoms. The molecular formula is C20H20F2N6O2. The van der Waals surface area contributed by atoms with Gasteiger partial charge in [-0.05, 0) is 30.2 Å². The number of carbonyl (C=O) groups is 1. The molecular weight excluding hydrogens is 394 g/mol. The first-order valence-electron chi connectivity index (χ1n) is 9.38. The third kappa shape index (κ3) is 3.44. The van der Waals surface area contributed by atoms with Crippen LogP contribution < -0.4 is 10.1 Å². The van der Waals surface area contributed by atoms with Gasteiger partial charge in [-0.3, -0.25) is 9.80 Å². The van der Waals surface area contributed by atoms with Gasteiger partial charge in [-0.25, -0.2) is 23.6 Å². The van der Waals surface area contributed by atoms with Gasteiger partial charge in [-0.15, -0.1) is 0 Å². The molecule has 3 heterocycles. The number of hydrogen-bond donors (Lipinski definition) is 1. The Morgan fingerprint density at radius 2 is 1.97 bits per heavy atom. The minimum absolute atomic E-state index is 0.214. The number of halogens is 2. The average molecular weight is 414 g/mol. The number of aryl methyl sites for hydroxylation is 1. The summed E-state index contributed by atoms with van der Waals surface area (Å²) < 4.78 is 32.8. The average Bonchev–Trinajstić information content (AvgIpc) is 3.17. The van der Waals surface area contributed by atoms with Crippen LogP contribution in [0.3, 0.4) is 0 Å². The Labute approximate surface area is 171 Å². The zero-order valence-electron chi connectivity index (χ0n) is 16.7. The van der Waals surface area contributed by atoms with Gasteiger partial charge in [-0.2, -0.15) is 4.99 Å². The lowest BCUT2D eigenvalue weighted by Gasteiger charge is -2.35. The number of ether oxygens (including phenoxy) is 1. The summed E-state index contributed by atoms with van der Waals surface area (Å²) in [6, 6.07) is 5.77. The number of amides is 2. The molecule has 2 aliphatic heterocycles. The second-order valence-corrected chi connectivity index (χ2v) is 6.83. The molecule has 156 valence electrons. The van der Waals surface area contributed by atoms with Crippen LogP contribution in [0, 0.1) is 11.6 Å². The molecule has 1 aromatic heterocycles. The number of methoxy groups -OCH3 is 1. The van der Waals surface area contributed by atoms with Gasteiger partial charge < -0.3 is 10.1 Å². The van der Waals surface area contributed by atoms with E-state index in [9.17, 15) is 13.6 Å².